The van der Waals surface area contributed by atoms with Gasteiger partial charge in [-0.1, -0.05) is 11.3 Å². The van der Waals surface area contributed by atoms with E-state index in [9.17, 15) is 5.26 Å². The fourth-order valence-electron chi connectivity index (χ4n) is 4.81. The van der Waals surface area contributed by atoms with Gasteiger partial charge in [0, 0.05) is 74.0 Å². The summed E-state index contributed by atoms with van der Waals surface area (Å²) in [6.07, 6.45) is 9.15. The van der Waals surface area contributed by atoms with E-state index in [1.165, 1.54) is 0 Å². The van der Waals surface area contributed by atoms with E-state index >= 15 is 0 Å². The average Bonchev–Trinajstić information content (AvgIpc) is 3.62. The molecule has 1 saturated heterocycles. The second kappa shape index (κ2) is 10.0. The molecule has 0 amide bonds. The van der Waals surface area contributed by atoms with E-state index in [0.717, 1.165) is 72.1 Å². The number of nitriles is 1. The number of nitrogens with zero attached hydrogens (tertiary/aromatic N) is 10. The van der Waals surface area contributed by atoms with Crippen LogP contribution < -0.4 is 4.90 Å². The molecule has 0 radical (unpaired) electrons. The lowest BCUT2D eigenvalue weighted by molar-refractivity contribution is 0.246. The fourth-order valence-corrected chi connectivity index (χ4v) is 4.81. The maximum atomic E-state index is 9.72. The molecule has 5 aromatic rings. The zero-order valence-electron chi connectivity index (χ0n) is 21.4. The van der Waals surface area contributed by atoms with Gasteiger partial charge in [-0.3, -0.25) is 9.88 Å². The van der Waals surface area contributed by atoms with Crippen LogP contribution in [0, 0.1) is 11.3 Å². The molecule has 0 saturated carbocycles. The molecule has 0 N–H and O–H groups in total. The Kier molecular flexibility index (Phi) is 6.27. The van der Waals surface area contributed by atoms with Crippen molar-refractivity contribution in [1.29, 1.82) is 5.26 Å². The van der Waals surface area contributed by atoms with Crippen molar-refractivity contribution < 1.29 is 0 Å². The molecule has 190 valence electrons. The monoisotopic (exact) mass is 504 g/mol. The molecule has 5 aromatic heterocycles. The Morgan fingerprint density at radius 3 is 2.53 bits per heavy atom. The predicted molar refractivity (Wildman–Crippen MR) is 144 cm³/mol. The summed E-state index contributed by atoms with van der Waals surface area (Å²) in [5.41, 5.74) is 5.80. The van der Waals surface area contributed by atoms with E-state index < -0.39 is 0 Å². The van der Waals surface area contributed by atoms with Gasteiger partial charge in [-0.25, -0.2) is 14.2 Å². The molecule has 1 aliphatic rings. The third kappa shape index (κ3) is 4.60. The van der Waals surface area contributed by atoms with E-state index in [1.807, 2.05) is 47.7 Å². The molecular weight excluding hydrogens is 476 g/mol. The van der Waals surface area contributed by atoms with Crippen LogP contribution in [0.2, 0.25) is 0 Å². The molecule has 0 unspecified atom stereocenters. The molecule has 0 spiro atoms. The van der Waals surface area contributed by atoms with Gasteiger partial charge in [-0.05, 0) is 44.2 Å². The Hall–Kier alpha value is -4.62. The van der Waals surface area contributed by atoms with Crippen molar-refractivity contribution in [2.75, 3.05) is 31.1 Å². The van der Waals surface area contributed by atoms with Gasteiger partial charge >= 0.3 is 0 Å². The van der Waals surface area contributed by atoms with Crippen LogP contribution in [0.25, 0.3) is 27.9 Å². The largest absolute Gasteiger partial charge is 0.354 e. The summed E-state index contributed by atoms with van der Waals surface area (Å²) < 4.78 is 3.57. The lowest BCUT2D eigenvalue weighted by Crippen LogP contribution is -2.46. The fraction of sp³-hybridized carbons (Fsp3) is 0.286. The number of aromatic nitrogens is 7. The van der Waals surface area contributed by atoms with E-state index in [-0.39, 0.29) is 6.04 Å². The van der Waals surface area contributed by atoms with Crippen molar-refractivity contribution in [2.45, 2.75) is 26.4 Å². The smallest absolute Gasteiger partial charge is 0.128 e. The molecular formula is C28H28N10. The Morgan fingerprint density at radius 2 is 1.84 bits per heavy atom. The number of anilines is 1. The molecule has 1 fully saturated rings. The highest BCUT2D eigenvalue weighted by Gasteiger charge is 2.20. The minimum absolute atomic E-state index is 0.211. The third-order valence-corrected chi connectivity index (χ3v) is 6.93. The molecule has 38 heavy (non-hydrogen) atoms. The molecule has 10 heteroatoms. The quantitative estimate of drug-likeness (QED) is 0.344. The van der Waals surface area contributed by atoms with Crippen LogP contribution in [0.4, 0.5) is 5.82 Å². The Balaban J connectivity index is 1.25. The molecule has 0 aromatic carbocycles. The summed E-state index contributed by atoms with van der Waals surface area (Å²) >= 11 is 0. The molecule has 0 aliphatic carbocycles. The Labute approximate surface area is 220 Å². The second-order valence-electron chi connectivity index (χ2n) is 9.77. The SMILES string of the molecule is CC(C)n1cc(-c2cc(-c3ccc(N4CCN(Cc5ccccn5)CC4)nc3)c3c(C#N)cnn3c2)nn1. The van der Waals surface area contributed by atoms with Gasteiger partial charge in [0.1, 0.15) is 17.6 Å². The van der Waals surface area contributed by atoms with Crippen molar-refractivity contribution in [3.05, 3.63) is 78.6 Å². The van der Waals surface area contributed by atoms with Crippen molar-refractivity contribution in [1.82, 2.24) is 39.5 Å². The maximum Gasteiger partial charge on any atom is 0.128 e. The third-order valence-electron chi connectivity index (χ3n) is 6.93. The lowest BCUT2D eigenvalue weighted by atomic mass is 10.0. The molecule has 0 bridgehead atoms. The number of rotatable bonds is 6. The maximum absolute atomic E-state index is 9.72. The van der Waals surface area contributed by atoms with Crippen LogP contribution in [0.1, 0.15) is 31.1 Å². The van der Waals surface area contributed by atoms with Crippen LogP contribution in [0.3, 0.4) is 0 Å². The second-order valence-corrected chi connectivity index (χ2v) is 9.77. The molecule has 1 aliphatic heterocycles. The van der Waals surface area contributed by atoms with Crippen LogP contribution in [0.5, 0.6) is 0 Å². The minimum atomic E-state index is 0.211. The van der Waals surface area contributed by atoms with Gasteiger partial charge in [-0.2, -0.15) is 10.4 Å². The van der Waals surface area contributed by atoms with Crippen molar-refractivity contribution in [3.8, 4) is 28.5 Å². The van der Waals surface area contributed by atoms with E-state index in [4.69, 9.17) is 4.98 Å². The van der Waals surface area contributed by atoms with Crippen molar-refractivity contribution in [3.63, 3.8) is 0 Å². The first-order valence-electron chi connectivity index (χ1n) is 12.8. The van der Waals surface area contributed by atoms with Crippen LogP contribution in [0.15, 0.2) is 67.4 Å². The summed E-state index contributed by atoms with van der Waals surface area (Å²) in [5, 5.41) is 22.8. The number of pyridine rings is 3. The standard InChI is InChI=1S/C28H28N10/c1-20(2)37-19-26(33-34-37)22-13-25(28-23(14-29)16-32-38(28)17-22)21-6-7-27(31-15-21)36-11-9-35(10-12-36)18-24-5-3-4-8-30-24/h3-8,13,15-17,19-20H,9-12,18H2,1-2H3. The van der Waals surface area contributed by atoms with Gasteiger partial charge in [0.25, 0.3) is 0 Å². The molecule has 6 heterocycles. The summed E-state index contributed by atoms with van der Waals surface area (Å²) in [6.45, 7) is 8.73. The van der Waals surface area contributed by atoms with Gasteiger partial charge in [0.15, 0.2) is 0 Å². The van der Waals surface area contributed by atoms with Crippen LogP contribution in [-0.4, -0.2) is 65.7 Å². The zero-order chi connectivity index (χ0) is 26.1. The van der Waals surface area contributed by atoms with E-state index in [1.54, 1.807) is 10.7 Å². The Morgan fingerprint density at radius 1 is 0.974 bits per heavy atom. The summed E-state index contributed by atoms with van der Waals surface area (Å²) in [5.74, 6) is 0.951. The van der Waals surface area contributed by atoms with Gasteiger partial charge < -0.3 is 4.90 Å². The van der Waals surface area contributed by atoms with E-state index in [2.05, 4.69) is 68.3 Å². The van der Waals surface area contributed by atoms with Crippen molar-refractivity contribution in [2.24, 2.45) is 0 Å². The topological polar surface area (TPSA) is 104 Å². The van der Waals surface area contributed by atoms with Crippen molar-refractivity contribution >= 4 is 11.3 Å². The first-order valence-corrected chi connectivity index (χ1v) is 12.8. The summed E-state index contributed by atoms with van der Waals surface area (Å²) in [6, 6.07) is 14.7. The summed E-state index contributed by atoms with van der Waals surface area (Å²) in [7, 11) is 0. The average molecular weight is 505 g/mol. The predicted octanol–water partition coefficient (Wildman–Crippen LogP) is 3.82. The Bertz CT molecular complexity index is 1590. The van der Waals surface area contributed by atoms with Gasteiger partial charge in [0.2, 0.25) is 0 Å². The zero-order valence-corrected chi connectivity index (χ0v) is 21.4. The van der Waals surface area contributed by atoms with Gasteiger partial charge in [-0.15, -0.1) is 5.10 Å². The molecule has 6 rings (SSSR count). The molecule has 10 nitrogen and oxygen atoms in total. The lowest BCUT2D eigenvalue weighted by Gasteiger charge is -2.35. The normalized spacial score (nSPS) is 14.3. The van der Waals surface area contributed by atoms with E-state index in [0.29, 0.717) is 5.56 Å². The number of piperazine rings is 1. The van der Waals surface area contributed by atoms with Gasteiger partial charge in [0.05, 0.1) is 29.2 Å². The molecule has 0 atom stereocenters. The summed E-state index contributed by atoms with van der Waals surface area (Å²) in [4.78, 5) is 14.0. The highest BCUT2D eigenvalue weighted by Crippen LogP contribution is 2.32. The van der Waals surface area contributed by atoms with Crippen LogP contribution in [-0.2, 0) is 6.54 Å². The first-order chi connectivity index (χ1) is 18.6. The minimum Gasteiger partial charge on any atom is -0.354 e. The highest BCUT2D eigenvalue weighted by molar-refractivity contribution is 5.87. The first kappa shape index (κ1) is 23.8. The highest BCUT2D eigenvalue weighted by atomic mass is 15.4. The number of fused-ring (bicyclic) bond motifs is 1. The van der Waals surface area contributed by atoms with Crippen LogP contribution >= 0.6 is 0 Å². The number of hydrogen-bond acceptors (Lipinski definition) is 8. The number of hydrogen-bond donors (Lipinski definition) is 0.